The summed E-state index contributed by atoms with van der Waals surface area (Å²) < 4.78 is 27.0. The molecule has 0 aliphatic rings. The van der Waals surface area contributed by atoms with Crippen LogP contribution in [0.5, 0.6) is 5.75 Å². The molecule has 144 valence electrons. The van der Waals surface area contributed by atoms with Gasteiger partial charge in [-0.2, -0.15) is 0 Å². The van der Waals surface area contributed by atoms with Crippen molar-refractivity contribution >= 4 is 10.8 Å². The molecule has 0 unspecified atom stereocenters. The lowest BCUT2D eigenvalue weighted by molar-refractivity contribution is 0.356. The molecule has 0 amide bonds. The summed E-state index contributed by atoms with van der Waals surface area (Å²) in [5.74, 6) is -1.72. The monoisotopic (exact) mass is 362 g/mol. The van der Waals surface area contributed by atoms with E-state index in [1.807, 2.05) is 0 Å². The lowest BCUT2D eigenvalue weighted by Crippen LogP contribution is -2.03. The van der Waals surface area contributed by atoms with Gasteiger partial charge in [0.05, 0.1) is 0 Å². The van der Waals surface area contributed by atoms with Crippen LogP contribution in [0.15, 0.2) is 24.3 Å². The molecule has 0 saturated heterocycles. The normalized spacial score (nSPS) is 12.0. The van der Waals surface area contributed by atoms with Gasteiger partial charge >= 0.3 is 0 Å². The van der Waals surface area contributed by atoms with Crippen LogP contribution in [0.3, 0.4) is 0 Å². The highest BCUT2D eigenvalue weighted by Crippen LogP contribution is 2.29. The second kappa shape index (κ2) is 9.34. The number of fused-ring (bicyclic) bond motifs is 1. The third-order valence-corrected chi connectivity index (χ3v) is 4.98. The van der Waals surface area contributed by atoms with Gasteiger partial charge in [0.2, 0.25) is 0 Å². The first-order valence-electron chi connectivity index (χ1n) is 9.87. The molecular weight excluding hydrogens is 330 g/mol. The fourth-order valence-corrected chi connectivity index (χ4v) is 3.40. The lowest BCUT2D eigenvalue weighted by Gasteiger charge is -2.17. The number of hydrogen-bond acceptors (Lipinski definition) is 1. The molecule has 0 bridgehead atoms. The molecule has 2 aromatic carbocycles. The van der Waals surface area contributed by atoms with Crippen LogP contribution in [0.1, 0.15) is 77.7 Å². The third-order valence-electron chi connectivity index (χ3n) is 4.98. The van der Waals surface area contributed by atoms with Crippen LogP contribution in [-0.4, -0.2) is 5.11 Å². The highest BCUT2D eigenvalue weighted by Gasteiger charge is 2.11. The van der Waals surface area contributed by atoms with E-state index in [2.05, 4.69) is 20.8 Å². The lowest BCUT2D eigenvalue weighted by atomic mass is 9.89. The Kier molecular flexibility index (Phi) is 7.43. The van der Waals surface area contributed by atoms with Crippen molar-refractivity contribution < 1.29 is 13.9 Å². The van der Waals surface area contributed by atoms with E-state index in [-0.39, 0.29) is 11.1 Å². The van der Waals surface area contributed by atoms with Gasteiger partial charge in [0.15, 0.2) is 11.6 Å². The zero-order valence-electron chi connectivity index (χ0n) is 16.4. The van der Waals surface area contributed by atoms with Gasteiger partial charge in [0.1, 0.15) is 5.75 Å². The summed E-state index contributed by atoms with van der Waals surface area (Å²) in [5.41, 5.74) is 1.25. The Labute approximate surface area is 156 Å². The van der Waals surface area contributed by atoms with Crippen molar-refractivity contribution in [3.8, 4) is 5.75 Å². The third kappa shape index (κ3) is 6.26. The van der Waals surface area contributed by atoms with Crippen molar-refractivity contribution in [2.45, 2.75) is 78.6 Å². The quantitative estimate of drug-likeness (QED) is 0.457. The molecule has 1 N–H and O–H groups in total. The fraction of sp³-hybridized carbons (Fsp3) is 0.565. The summed E-state index contributed by atoms with van der Waals surface area (Å²) >= 11 is 0. The zero-order valence-corrected chi connectivity index (χ0v) is 16.4. The highest BCUT2D eigenvalue weighted by atomic mass is 19.2. The summed E-state index contributed by atoms with van der Waals surface area (Å²) in [6.45, 7) is 6.88. The second-order valence-electron chi connectivity index (χ2n) is 8.60. The Balaban J connectivity index is 1.71. The van der Waals surface area contributed by atoms with Gasteiger partial charge in [-0.05, 0) is 53.8 Å². The van der Waals surface area contributed by atoms with Crippen LogP contribution < -0.4 is 0 Å². The summed E-state index contributed by atoms with van der Waals surface area (Å²) in [7, 11) is 0. The minimum absolute atomic E-state index is 0.0594. The van der Waals surface area contributed by atoms with Gasteiger partial charge in [-0.1, -0.05) is 65.4 Å². The van der Waals surface area contributed by atoms with E-state index < -0.39 is 11.6 Å². The SMILES string of the molecule is CC(C)(C)CCCCCCCCCc1cc2ccc(F)c(F)c2cc1O. The Morgan fingerprint density at radius 1 is 0.846 bits per heavy atom. The van der Waals surface area contributed by atoms with Crippen molar-refractivity contribution in [3.05, 3.63) is 41.5 Å². The minimum atomic E-state index is -0.893. The van der Waals surface area contributed by atoms with E-state index >= 15 is 0 Å². The van der Waals surface area contributed by atoms with Crippen molar-refractivity contribution in [1.82, 2.24) is 0 Å². The van der Waals surface area contributed by atoms with Gasteiger partial charge in [-0.3, -0.25) is 0 Å². The van der Waals surface area contributed by atoms with Crippen molar-refractivity contribution in [2.75, 3.05) is 0 Å². The average molecular weight is 363 g/mol. The first-order valence-corrected chi connectivity index (χ1v) is 9.87. The first-order chi connectivity index (χ1) is 12.3. The number of aromatic hydroxyl groups is 1. The molecule has 0 aliphatic heterocycles. The van der Waals surface area contributed by atoms with Crippen molar-refractivity contribution in [1.29, 1.82) is 0 Å². The average Bonchev–Trinajstić information content (AvgIpc) is 2.57. The van der Waals surface area contributed by atoms with Crippen molar-refractivity contribution in [2.24, 2.45) is 5.41 Å². The number of phenols is 1. The van der Waals surface area contributed by atoms with Gasteiger partial charge in [-0.15, -0.1) is 0 Å². The molecule has 3 heteroatoms. The number of rotatable bonds is 9. The molecule has 1 nitrogen and oxygen atoms in total. The van der Waals surface area contributed by atoms with E-state index in [0.717, 1.165) is 30.9 Å². The Morgan fingerprint density at radius 3 is 2.12 bits per heavy atom. The van der Waals surface area contributed by atoms with Crippen LogP contribution in [-0.2, 0) is 6.42 Å². The molecule has 0 heterocycles. The van der Waals surface area contributed by atoms with E-state index in [4.69, 9.17) is 0 Å². The van der Waals surface area contributed by atoms with Gasteiger partial charge in [0, 0.05) is 5.39 Å². The molecule has 0 aliphatic carbocycles. The number of aryl methyl sites for hydroxylation is 1. The highest BCUT2D eigenvalue weighted by molar-refractivity contribution is 5.85. The van der Waals surface area contributed by atoms with Crippen LogP contribution in [0, 0.1) is 17.0 Å². The smallest absolute Gasteiger partial charge is 0.166 e. The number of unbranched alkanes of at least 4 members (excludes halogenated alkanes) is 6. The molecule has 0 radical (unpaired) electrons. The topological polar surface area (TPSA) is 20.2 Å². The Bertz CT molecular complexity index is 716. The van der Waals surface area contributed by atoms with Crippen molar-refractivity contribution in [3.63, 3.8) is 0 Å². The van der Waals surface area contributed by atoms with Crippen LogP contribution in [0.25, 0.3) is 10.8 Å². The van der Waals surface area contributed by atoms with Gasteiger partial charge in [-0.25, -0.2) is 8.78 Å². The maximum absolute atomic E-state index is 13.8. The number of hydrogen-bond donors (Lipinski definition) is 1. The summed E-state index contributed by atoms with van der Waals surface area (Å²) in [5, 5.41) is 10.9. The van der Waals surface area contributed by atoms with E-state index in [9.17, 15) is 13.9 Å². The molecule has 0 atom stereocenters. The minimum Gasteiger partial charge on any atom is -0.508 e. The second-order valence-corrected chi connectivity index (χ2v) is 8.60. The summed E-state index contributed by atoms with van der Waals surface area (Å²) in [6.07, 6.45) is 10.6. The molecule has 0 fully saturated rings. The maximum Gasteiger partial charge on any atom is 0.166 e. The Morgan fingerprint density at radius 2 is 1.46 bits per heavy atom. The molecular formula is C23H32F2O. The maximum atomic E-state index is 13.8. The number of benzene rings is 2. The molecule has 2 rings (SSSR count). The molecule has 26 heavy (non-hydrogen) atoms. The molecule has 0 aromatic heterocycles. The van der Waals surface area contributed by atoms with E-state index in [1.165, 1.54) is 44.6 Å². The molecule has 0 saturated carbocycles. The fourth-order valence-electron chi connectivity index (χ4n) is 3.40. The number of halogens is 2. The van der Waals surface area contributed by atoms with E-state index in [0.29, 0.717) is 10.8 Å². The van der Waals surface area contributed by atoms with Crippen LogP contribution in [0.4, 0.5) is 8.78 Å². The summed E-state index contributed by atoms with van der Waals surface area (Å²) in [6, 6.07) is 5.82. The van der Waals surface area contributed by atoms with Gasteiger partial charge < -0.3 is 5.11 Å². The predicted molar refractivity (Wildman–Crippen MR) is 106 cm³/mol. The van der Waals surface area contributed by atoms with Crippen LogP contribution >= 0.6 is 0 Å². The van der Waals surface area contributed by atoms with E-state index in [1.54, 1.807) is 12.1 Å². The van der Waals surface area contributed by atoms with Crippen LogP contribution in [0.2, 0.25) is 0 Å². The predicted octanol–water partition coefficient (Wildman–Crippen LogP) is 7.53. The standard InChI is InChI=1S/C23H32F2O/c1-23(2,3)14-10-8-6-4-5-7-9-11-18-15-17-12-13-20(24)22(25)19(17)16-21(18)26/h12-13,15-16,26H,4-11,14H2,1-3H3. The van der Waals surface area contributed by atoms with Gasteiger partial charge in [0.25, 0.3) is 0 Å². The number of phenolic OH excluding ortho intramolecular Hbond substituents is 1. The Hall–Kier alpha value is -1.64. The first kappa shape index (κ1) is 20.7. The molecule has 2 aromatic rings. The largest absolute Gasteiger partial charge is 0.508 e. The zero-order chi connectivity index (χ0) is 19.2. The molecule has 0 spiro atoms. The summed E-state index contributed by atoms with van der Waals surface area (Å²) in [4.78, 5) is 0.